The summed E-state index contributed by atoms with van der Waals surface area (Å²) in [4.78, 5) is 12.3. The maximum absolute atomic E-state index is 12.3. The highest BCUT2D eigenvalue weighted by Crippen LogP contribution is 2.20. The van der Waals surface area contributed by atoms with Crippen LogP contribution in [0.15, 0.2) is 30.5 Å². The van der Waals surface area contributed by atoms with Crippen molar-refractivity contribution in [2.24, 2.45) is 7.05 Å². The largest absolute Gasteiger partial charge is 0.479 e. The predicted molar refractivity (Wildman–Crippen MR) is 83.0 cm³/mol. The third kappa shape index (κ3) is 3.46. The van der Waals surface area contributed by atoms with Gasteiger partial charge in [-0.15, -0.1) is 5.10 Å². The van der Waals surface area contributed by atoms with Crippen molar-refractivity contribution in [2.75, 3.05) is 20.8 Å². The van der Waals surface area contributed by atoms with Gasteiger partial charge in [-0.25, -0.2) is 0 Å². The molecule has 6 heteroatoms. The molecule has 0 aliphatic rings. The van der Waals surface area contributed by atoms with E-state index in [0.717, 1.165) is 11.1 Å². The number of carbonyl (C=O) groups excluding carboxylic acids is 1. The Kier molecular flexibility index (Phi) is 5.16. The van der Waals surface area contributed by atoms with Gasteiger partial charge in [0.15, 0.2) is 0 Å². The average Bonchev–Trinajstić information content (AvgIpc) is 2.90. The number of aromatic nitrogens is 2. The molecule has 22 heavy (non-hydrogen) atoms. The summed E-state index contributed by atoms with van der Waals surface area (Å²) in [6.45, 7) is 2.39. The monoisotopic (exact) mass is 303 g/mol. The van der Waals surface area contributed by atoms with Crippen molar-refractivity contribution in [1.29, 1.82) is 0 Å². The Balaban J connectivity index is 2.07. The van der Waals surface area contributed by atoms with Crippen molar-refractivity contribution in [3.63, 3.8) is 0 Å². The molecule has 1 aromatic carbocycles. The number of hydrogen-bond acceptors (Lipinski definition) is 4. The number of hydrogen-bond donors (Lipinski definition) is 1. The van der Waals surface area contributed by atoms with E-state index < -0.39 is 0 Å². The number of amides is 1. The molecule has 0 aliphatic heterocycles. The minimum absolute atomic E-state index is 0.201. The summed E-state index contributed by atoms with van der Waals surface area (Å²) in [5, 5.41) is 6.94. The van der Waals surface area contributed by atoms with E-state index in [1.807, 2.05) is 31.2 Å². The van der Waals surface area contributed by atoms with Gasteiger partial charge in [0.2, 0.25) is 5.88 Å². The van der Waals surface area contributed by atoms with Crippen LogP contribution in [0, 0.1) is 6.92 Å². The van der Waals surface area contributed by atoms with Crippen LogP contribution in [-0.4, -0.2) is 36.5 Å². The fourth-order valence-corrected chi connectivity index (χ4v) is 2.32. The van der Waals surface area contributed by atoms with Crippen LogP contribution in [0.3, 0.4) is 0 Å². The lowest BCUT2D eigenvalue weighted by Crippen LogP contribution is -2.29. The zero-order chi connectivity index (χ0) is 16.1. The van der Waals surface area contributed by atoms with E-state index in [1.54, 1.807) is 25.0 Å². The van der Waals surface area contributed by atoms with Crippen molar-refractivity contribution >= 4 is 5.91 Å². The molecule has 0 aliphatic carbocycles. The Bertz CT molecular complexity index is 652. The van der Waals surface area contributed by atoms with E-state index in [-0.39, 0.29) is 12.0 Å². The van der Waals surface area contributed by atoms with Crippen molar-refractivity contribution in [3.05, 3.63) is 47.2 Å². The fraction of sp³-hybridized carbons (Fsp3) is 0.375. The quantitative estimate of drug-likeness (QED) is 0.884. The maximum Gasteiger partial charge on any atom is 0.258 e. The Labute approximate surface area is 130 Å². The summed E-state index contributed by atoms with van der Waals surface area (Å²) in [7, 11) is 4.86. The molecule has 2 aromatic rings. The minimum atomic E-state index is -0.236. The van der Waals surface area contributed by atoms with Gasteiger partial charge >= 0.3 is 0 Å². The molecule has 1 N–H and O–H groups in total. The molecule has 1 amide bonds. The maximum atomic E-state index is 12.3. The molecule has 1 heterocycles. The normalized spacial score (nSPS) is 12.0. The van der Waals surface area contributed by atoms with E-state index in [1.165, 1.54) is 7.11 Å². The molecular formula is C16H21N3O3. The van der Waals surface area contributed by atoms with Crippen LogP contribution in [0.5, 0.6) is 5.88 Å². The van der Waals surface area contributed by atoms with Crippen LogP contribution in [-0.2, 0) is 11.8 Å². The summed E-state index contributed by atoms with van der Waals surface area (Å²) in [6.07, 6.45) is 1.43. The molecule has 6 nitrogen and oxygen atoms in total. The van der Waals surface area contributed by atoms with Gasteiger partial charge in [-0.2, -0.15) is 0 Å². The molecule has 0 saturated heterocycles. The standard InChI is InChI=1S/C16H21N3O3/c1-11-7-5-6-8-12(11)14(21-3)9-17-15(20)13-10-19(2)18-16(13)22-4/h5-8,10,14H,9H2,1-4H3,(H,17,20)/t14-/m0/s1. The zero-order valence-electron chi connectivity index (χ0n) is 13.3. The molecular weight excluding hydrogens is 282 g/mol. The number of carbonyl (C=O) groups is 1. The van der Waals surface area contributed by atoms with E-state index >= 15 is 0 Å². The Morgan fingerprint density at radius 1 is 1.36 bits per heavy atom. The Hall–Kier alpha value is -2.34. The Morgan fingerprint density at radius 3 is 2.73 bits per heavy atom. The molecule has 2 rings (SSSR count). The molecule has 0 spiro atoms. The first kappa shape index (κ1) is 16.0. The molecule has 0 unspecified atom stereocenters. The SMILES string of the molecule is COc1nn(C)cc1C(=O)NC[C@H](OC)c1ccccc1C. The fourth-order valence-electron chi connectivity index (χ4n) is 2.32. The topological polar surface area (TPSA) is 65.4 Å². The number of nitrogens with one attached hydrogen (secondary N) is 1. The molecule has 0 fully saturated rings. The number of benzene rings is 1. The number of aryl methyl sites for hydroxylation is 2. The first-order valence-electron chi connectivity index (χ1n) is 7.01. The van der Waals surface area contributed by atoms with E-state index in [2.05, 4.69) is 10.4 Å². The van der Waals surface area contributed by atoms with Crippen molar-refractivity contribution in [2.45, 2.75) is 13.0 Å². The summed E-state index contributed by atoms with van der Waals surface area (Å²) >= 11 is 0. The summed E-state index contributed by atoms with van der Waals surface area (Å²) in [6, 6.07) is 7.96. The highest BCUT2D eigenvalue weighted by Gasteiger charge is 2.19. The van der Waals surface area contributed by atoms with E-state index in [4.69, 9.17) is 9.47 Å². The lowest BCUT2D eigenvalue weighted by molar-refractivity contribution is 0.0823. The highest BCUT2D eigenvalue weighted by atomic mass is 16.5. The molecule has 0 saturated carbocycles. The summed E-state index contributed by atoms with van der Waals surface area (Å²) in [5.74, 6) is 0.0745. The van der Waals surface area contributed by atoms with Crippen LogP contribution in [0.1, 0.15) is 27.6 Å². The third-order valence-corrected chi connectivity index (χ3v) is 3.50. The van der Waals surface area contributed by atoms with Gasteiger partial charge in [0.1, 0.15) is 5.56 Å². The van der Waals surface area contributed by atoms with E-state index in [9.17, 15) is 4.79 Å². The predicted octanol–water partition coefficient (Wildman–Crippen LogP) is 1.85. The van der Waals surface area contributed by atoms with Crippen molar-refractivity contribution < 1.29 is 14.3 Å². The second-order valence-corrected chi connectivity index (χ2v) is 5.02. The van der Waals surface area contributed by atoms with Gasteiger partial charge in [0.05, 0.1) is 13.2 Å². The first-order valence-corrected chi connectivity index (χ1v) is 7.01. The lowest BCUT2D eigenvalue weighted by Gasteiger charge is -2.18. The minimum Gasteiger partial charge on any atom is -0.479 e. The molecule has 0 radical (unpaired) electrons. The van der Waals surface area contributed by atoms with Crippen LogP contribution >= 0.6 is 0 Å². The number of rotatable bonds is 6. The van der Waals surface area contributed by atoms with Gasteiger partial charge in [0, 0.05) is 26.9 Å². The molecule has 0 bridgehead atoms. The third-order valence-electron chi connectivity index (χ3n) is 3.50. The second kappa shape index (κ2) is 7.09. The van der Waals surface area contributed by atoms with E-state index in [0.29, 0.717) is 18.0 Å². The smallest absolute Gasteiger partial charge is 0.258 e. The van der Waals surface area contributed by atoms with Gasteiger partial charge in [0.25, 0.3) is 5.91 Å². The second-order valence-electron chi connectivity index (χ2n) is 5.02. The van der Waals surface area contributed by atoms with Crippen LogP contribution in [0.4, 0.5) is 0 Å². The van der Waals surface area contributed by atoms with Gasteiger partial charge in [-0.3, -0.25) is 9.48 Å². The lowest BCUT2D eigenvalue weighted by atomic mass is 10.0. The molecule has 118 valence electrons. The molecule has 1 atom stereocenters. The van der Waals surface area contributed by atoms with Crippen LogP contribution in [0.25, 0.3) is 0 Å². The summed E-state index contributed by atoms with van der Waals surface area (Å²) < 4.78 is 12.1. The van der Waals surface area contributed by atoms with Gasteiger partial charge in [-0.1, -0.05) is 24.3 Å². The Morgan fingerprint density at radius 2 is 2.09 bits per heavy atom. The van der Waals surface area contributed by atoms with Gasteiger partial charge < -0.3 is 14.8 Å². The van der Waals surface area contributed by atoms with Crippen molar-refractivity contribution in [1.82, 2.24) is 15.1 Å². The number of methoxy groups -OCH3 is 2. The highest BCUT2D eigenvalue weighted by molar-refractivity contribution is 5.96. The number of nitrogens with zero attached hydrogens (tertiary/aromatic N) is 2. The first-order chi connectivity index (χ1) is 10.6. The number of ether oxygens (including phenoxy) is 2. The molecule has 1 aromatic heterocycles. The van der Waals surface area contributed by atoms with Crippen LogP contribution < -0.4 is 10.1 Å². The van der Waals surface area contributed by atoms with Gasteiger partial charge in [-0.05, 0) is 18.1 Å². The zero-order valence-corrected chi connectivity index (χ0v) is 13.3. The average molecular weight is 303 g/mol. The van der Waals surface area contributed by atoms with Crippen LogP contribution in [0.2, 0.25) is 0 Å². The van der Waals surface area contributed by atoms with Crippen molar-refractivity contribution in [3.8, 4) is 5.88 Å². The summed E-state index contributed by atoms with van der Waals surface area (Å²) in [5.41, 5.74) is 2.59.